The maximum atomic E-state index is 17.4. The van der Waals surface area contributed by atoms with Crippen molar-refractivity contribution in [2.75, 3.05) is 6.61 Å². The summed E-state index contributed by atoms with van der Waals surface area (Å²) in [7, 11) is 0. The van der Waals surface area contributed by atoms with Crippen LogP contribution in [0.4, 0.5) is 4.39 Å². The summed E-state index contributed by atoms with van der Waals surface area (Å²) in [6, 6.07) is 0. The Bertz CT molecular complexity index is 1040. The Kier molecular flexibility index (Phi) is 6.46. The van der Waals surface area contributed by atoms with Gasteiger partial charge in [0.05, 0.1) is 6.10 Å². The highest BCUT2D eigenvalue weighted by Crippen LogP contribution is 2.71. The molecule has 0 bridgehead atoms. The molecule has 8 heteroatoms. The average Bonchev–Trinajstić information content (AvgIpc) is 3.06. The van der Waals surface area contributed by atoms with Gasteiger partial charge in [-0.05, 0) is 63.5 Å². The van der Waals surface area contributed by atoms with E-state index in [1.807, 2.05) is 0 Å². The van der Waals surface area contributed by atoms with Crippen LogP contribution in [0.5, 0.6) is 0 Å². The molecular formula is C28H40FNO6. The van der Waals surface area contributed by atoms with E-state index in [4.69, 9.17) is 10.5 Å². The number of carbonyl (C=O) groups is 3. The second kappa shape index (κ2) is 8.57. The second-order valence-electron chi connectivity index (χ2n) is 12.0. The molecular weight excluding hydrogens is 465 g/mol. The number of rotatable bonds is 6. The molecule has 0 aliphatic heterocycles. The molecule has 200 valence electrons. The van der Waals surface area contributed by atoms with E-state index in [-0.39, 0.29) is 12.2 Å². The van der Waals surface area contributed by atoms with Crippen molar-refractivity contribution in [3.63, 3.8) is 0 Å². The van der Waals surface area contributed by atoms with Gasteiger partial charge in [-0.2, -0.15) is 0 Å². The number of ketones is 2. The average molecular weight is 506 g/mol. The Hall–Kier alpha value is -1.90. The van der Waals surface area contributed by atoms with Crippen LogP contribution in [0, 0.1) is 28.6 Å². The summed E-state index contributed by atoms with van der Waals surface area (Å²) >= 11 is 0. The number of esters is 1. The van der Waals surface area contributed by atoms with Crippen molar-refractivity contribution >= 4 is 17.5 Å². The first-order valence-corrected chi connectivity index (χ1v) is 13.2. The SMILES string of the molecule is CCC(N)(CC)C(=O)O[C@]1(C(=O)CO)[C@H](C)C[C@H]2[C@@H]3CCC4=CC(=O)C=C[C@]4(C)[C@@]3(F)[C@@H](O)C[C@@]21C. The molecule has 0 aromatic carbocycles. The number of Topliss-reactive ketones (excluding diaryl/α,β-unsaturated/α-hetero) is 1. The number of carbonyl (C=O) groups excluding carboxylic acids is 3. The quantitative estimate of drug-likeness (QED) is 0.474. The van der Waals surface area contributed by atoms with E-state index in [2.05, 4.69) is 0 Å². The third kappa shape index (κ3) is 3.16. The Labute approximate surface area is 212 Å². The number of aliphatic hydroxyl groups excluding tert-OH is 2. The van der Waals surface area contributed by atoms with E-state index in [0.29, 0.717) is 37.7 Å². The molecule has 4 N–H and O–H groups in total. The number of ether oxygens (including phenoxy) is 1. The van der Waals surface area contributed by atoms with E-state index in [0.717, 1.165) is 0 Å². The minimum Gasteiger partial charge on any atom is -0.449 e. The lowest BCUT2D eigenvalue weighted by molar-refractivity contribution is -0.230. The van der Waals surface area contributed by atoms with Crippen LogP contribution >= 0.6 is 0 Å². The number of hydrogen-bond donors (Lipinski definition) is 3. The van der Waals surface area contributed by atoms with Gasteiger partial charge in [0.15, 0.2) is 17.1 Å². The summed E-state index contributed by atoms with van der Waals surface area (Å²) < 4.78 is 23.5. The summed E-state index contributed by atoms with van der Waals surface area (Å²) in [5.74, 6) is -3.11. The fourth-order valence-corrected chi connectivity index (χ4v) is 8.30. The summed E-state index contributed by atoms with van der Waals surface area (Å²) in [6.45, 7) is 8.01. The van der Waals surface area contributed by atoms with Crippen molar-refractivity contribution < 1.29 is 33.7 Å². The lowest BCUT2D eigenvalue weighted by Gasteiger charge is -2.62. The Morgan fingerprint density at radius 2 is 1.89 bits per heavy atom. The Morgan fingerprint density at radius 1 is 1.25 bits per heavy atom. The maximum Gasteiger partial charge on any atom is 0.327 e. The van der Waals surface area contributed by atoms with Gasteiger partial charge in [-0.1, -0.05) is 39.3 Å². The second-order valence-corrected chi connectivity index (χ2v) is 12.0. The zero-order valence-electron chi connectivity index (χ0n) is 22.0. The van der Waals surface area contributed by atoms with Gasteiger partial charge in [-0.15, -0.1) is 0 Å². The molecule has 0 radical (unpaired) electrons. The smallest absolute Gasteiger partial charge is 0.327 e. The zero-order valence-corrected chi connectivity index (χ0v) is 22.0. The molecule has 0 aromatic rings. The van der Waals surface area contributed by atoms with Crippen LogP contribution in [-0.2, 0) is 19.1 Å². The predicted octanol–water partition coefficient (Wildman–Crippen LogP) is 2.96. The fourth-order valence-electron chi connectivity index (χ4n) is 8.30. The molecule has 0 spiro atoms. The van der Waals surface area contributed by atoms with Crippen LogP contribution in [0.2, 0.25) is 0 Å². The van der Waals surface area contributed by atoms with Crippen molar-refractivity contribution in [2.24, 2.45) is 34.3 Å². The molecule has 7 nitrogen and oxygen atoms in total. The van der Waals surface area contributed by atoms with Crippen LogP contribution in [0.3, 0.4) is 0 Å². The van der Waals surface area contributed by atoms with E-state index in [1.54, 1.807) is 40.7 Å². The molecule has 0 saturated heterocycles. The van der Waals surface area contributed by atoms with Crippen molar-refractivity contribution in [1.82, 2.24) is 0 Å². The summed E-state index contributed by atoms with van der Waals surface area (Å²) in [5.41, 5.74) is -0.375. The molecule has 0 heterocycles. The van der Waals surface area contributed by atoms with Crippen LogP contribution < -0.4 is 5.73 Å². The standard InChI is InChI=1S/C28H40FNO6/c1-6-26(30,7-2)23(35)36-28(22(34)15-31)16(3)12-20-19-9-8-17-13-18(32)10-11-24(17,4)27(19,29)21(33)14-25(20,28)5/h10-11,13,16,19-21,31,33H,6-9,12,14-15,30H2,1-5H3/t16-,19+,20+,21+,24+,25+,27+,28+/m1/s1. The van der Waals surface area contributed by atoms with E-state index >= 15 is 4.39 Å². The predicted molar refractivity (Wildman–Crippen MR) is 131 cm³/mol. The van der Waals surface area contributed by atoms with Gasteiger partial charge in [0.25, 0.3) is 0 Å². The van der Waals surface area contributed by atoms with Crippen molar-refractivity contribution in [1.29, 1.82) is 0 Å². The molecule has 8 atom stereocenters. The molecule has 0 aromatic heterocycles. The summed E-state index contributed by atoms with van der Waals surface area (Å²) in [4.78, 5) is 39.0. The number of halogens is 1. The van der Waals surface area contributed by atoms with E-state index < -0.39 is 69.9 Å². The van der Waals surface area contributed by atoms with Crippen molar-refractivity contribution in [2.45, 2.75) is 96.1 Å². The van der Waals surface area contributed by atoms with Gasteiger partial charge in [-0.25, -0.2) is 4.39 Å². The van der Waals surface area contributed by atoms with Crippen molar-refractivity contribution in [3.05, 3.63) is 23.8 Å². The Balaban J connectivity index is 1.83. The van der Waals surface area contributed by atoms with Crippen LogP contribution in [-0.4, -0.2) is 57.3 Å². The minimum atomic E-state index is -2.06. The molecule has 0 unspecified atom stereocenters. The first-order valence-electron chi connectivity index (χ1n) is 13.2. The molecule has 4 aliphatic rings. The molecule has 4 rings (SSSR count). The summed E-state index contributed by atoms with van der Waals surface area (Å²) in [6.07, 6.45) is 4.70. The highest BCUT2D eigenvalue weighted by molar-refractivity contribution is 6.01. The van der Waals surface area contributed by atoms with E-state index in [9.17, 15) is 24.6 Å². The van der Waals surface area contributed by atoms with Crippen LogP contribution in [0.15, 0.2) is 23.8 Å². The topological polar surface area (TPSA) is 127 Å². The molecule has 36 heavy (non-hydrogen) atoms. The highest BCUT2D eigenvalue weighted by atomic mass is 19.1. The zero-order chi connectivity index (χ0) is 26.9. The molecule has 0 amide bonds. The molecule has 4 aliphatic carbocycles. The Morgan fingerprint density at radius 3 is 2.47 bits per heavy atom. The van der Waals surface area contributed by atoms with E-state index in [1.165, 1.54) is 12.2 Å². The van der Waals surface area contributed by atoms with Gasteiger partial charge in [0, 0.05) is 22.7 Å². The number of hydrogen-bond acceptors (Lipinski definition) is 7. The molecule has 3 fully saturated rings. The largest absolute Gasteiger partial charge is 0.449 e. The van der Waals surface area contributed by atoms with Crippen molar-refractivity contribution in [3.8, 4) is 0 Å². The summed E-state index contributed by atoms with van der Waals surface area (Å²) in [5, 5.41) is 21.6. The number of aliphatic hydroxyl groups is 2. The van der Waals surface area contributed by atoms with Gasteiger partial charge in [0.1, 0.15) is 12.1 Å². The number of allylic oxidation sites excluding steroid dienone is 4. The maximum absolute atomic E-state index is 17.4. The number of nitrogens with two attached hydrogens (primary N) is 1. The third-order valence-corrected chi connectivity index (χ3v) is 10.7. The third-order valence-electron chi connectivity index (χ3n) is 10.7. The van der Waals surface area contributed by atoms with Gasteiger partial charge in [0.2, 0.25) is 5.78 Å². The minimum absolute atomic E-state index is 0.130. The number of alkyl halides is 1. The van der Waals surface area contributed by atoms with Crippen LogP contribution in [0.1, 0.15) is 73.1 Å². The monoisotopic (exact) mass is 505 g/mol. The first kappa shape index (κ1) is 27.1. The highest BCUT2D eigenvalue weighted by Gasteiger charge is 2.77. The van der Waals surface area contributed by atoms with Gasteiger partial charge >= 0.3 is 5.97 Å². The molecule has 3 saturated carbocycles. The first-order chi connectivity index (χ1) is 16.7. The van der Waals surface area contributed by atoms with Gasteiger partial charge < -0.3 is 20.7 Å². The lowest BCUT2D eigenvalue weighted by atomic mass is 9.44. The number of fused-ring (bicyclic) bond motifs is 5. The van der Waals surface area contributed by atoms with Crippen LogP contribution in [0.25, 0.3) is 0 Å². The van der Waals surface area contributed by atoms with Gasteiger partial charge in [-0.3, -0.25) is 14.4 Å². The fraction of sp³-hybridized carbons (Fsp3) is 0.750. The lowest BCUT2D eigenvalue weighted by Crippen LogP contribution is -2.70. The normalized spacial score (nSPS) is 43.8.